The van der Waals surface area contributed by atoms with Crippen molar-refractivity contribution in [3.8, 4) is 0 Å². The maximum atomic E-state index is 12.4. The van der Waals surface area contributed by atoms with Crippen LogP contribution in [0, 0.1) is 6.92 Å². The van der Waals surface area contributed by atoms with Gasteiger partial charge in [-0.05, 0) is 19.8 Å². The predicted molar refractivity (Wildman–Crippen MR) is 87.3 cm³/mol. The summed E-state index contributed by atoms with van der Waals surface area (Å²) < 4.78 is 5.13. The van der Waals surface area contributed by atoms with E-state index in [1.165, 1.54) is 0 Å². The molecular weight excluding hydrogens is 306 g/mol. The van der Waals surface area contributed by atoms with Crippen LogP contribution in [0.1, 0.15) is 55.2 Å². The molecule has 1 aliphatic rings. The van der Waals surface area contributed by atoms with E-state index in [1.807, 2.05) is 24.9 Å². The van der Waals surface area contributed by atoms with Crippen molar-refractivity contribution in [2.24, 2.45) is 0 Å². The number of nitrogens with zero attached hydrogens (tertiary/aromatic N) is 5. The minimum Gasteiger partial charge on any atom is -0.343 e. The molecule has 7 nitrogen and oxygen atoms in total. The largest absolute Gasteiger partial charge is 0.343 e. The van der Waals surface area contributed by atoms with Gasteiger partial charge in [0.15, 0.2) is 5.82 Å². The average Bonchev–Trinajstić information content (AvgIpc) is 3.08. The van der Waals surface area contributed by atoms with Crippen LogP contribution in [0.5, 0.6) is 0 Å². The molecule has 0 aromatic carbocycles. The fraction of sp³-hybridized carbons (Fsp3) is 0.588. The fourth-order valence-corrected chi connectivity index (χ4v) is 3.01. The number of hydrogen-bond acceptors (Lipinski definition) is 6. The normalized spacial score (nSPS) is 15.7. The zero-order chi connectivity index (χ0) is 16.9. The Morgan fingerprint density at radius 1 is 1.29 bits per heavy atom. The van der Waals surface area contributed by atoms with Crippen LogP contribution in [0.3, 0.4) is 0 Å². The lowest BCUT2D eigenvalue weighted by Gasteiger charge is -2.31. The first-order valence-corrected chi connectivity index (χ1v) is 8.53. The molecule has 128 valence electrons. The van der Waals surface area contributed by atoms with E-state index < -0.39 is 0 Å². The minimum absolute atomic E-state index is 0.153. The maximum absolute atomic E-state index is 12.4. The van der Waals surface area contributed by atoms with Gasteiger partial charge in [0.1, 0.15) is 0 Å². The molecule has 3 heterocycles. The number of hydrogen-bond donors (Lipinski definition) is 0. The molecule has 0 bridgehead atoms. The smallest absolute Gasteiger partial charge is 0.227 e. The SMILES string of the molecule is CCc1noc(CCC(=O)N2CCC(c3cncc(C)n3)CC2)n1. The number of carbonyl (C=O) groups excluding carboxylic acids is 1. The van der Waals surface area contributed by atoms with Crippen LogP contribution in [0.2, 0.25) is 0 Å². The number of aromatic nitrogens is 4. The molecule has 1 fully saturated rings. The van der Waals surface area contributed by atoms with Gasteiger partial charge in [-0.1, -0.05) is 12.1 Å². The Balaban J connectivity index is 1.48. The highest BCUT2D eigenvalue weighted by molar-refractivity contribution is 5.76. The Labute approximate surface area is 141 Å². The standard InChI is InChI=1S/C17H23N5O2/c1-3-15-20-16(24-21-15)4-5-17(23)22-8-6-13(7-9-22)14-11-18-10-12(2)19-14/h10-11,13H,3-9H2,1-2H3. The van der Waals surface area contributed by atoms with E-state index in [1.54, 1.807) is 6.20 Å². The minimum atomic E-state index is 0.153. The first-order valence-electron chi connectivity index (χ1n) is 8.53. The summed E-state index contributed by atoms with van der Waals surface area (Å²) in [6.07, 6.45) is 7.15. The quantitative estimate of drug-likeness (QED) is 0.835. The van der Waals surface area contributed by atoms with Crippen LogP contribution in [0.4, 0.5) is 0 Å². The first kappa shape index (κ1) is 16.5. The van der Waals surface area contributed by atoms with E-state index in [9.17, 15) is 4.79 Å². The molecule has 2 aromatic heterocycles. The number of likely N-dealkylation sites (tertiary alicyclic amines) is 1. The molecule has 1 amide bonds. The summed E-state index contributed by atoms with van der Waals surface area (Å²) in [5.74, 6) is 1.78. The second-order valence-corrected chi connectivity index (χ2v) is 6.20. The van der Waals surface area contributed by atoms with Gasteiger partial charge in [0.25, 0.3) is 0 Å². The number of rotatable bonds is 5. The fourth-order valence-electron chi connectivity index (χ4n) is 3.01. The van der Waals surface area contributed by atoms with Gasteiger partial charge in [0.2, 0.25) is 11.8 Å². The van der Waals surface area contributed by atoms with Crippen molar-refractivity contribution >= 4 is 5.91 Å². The molecule has 0 saturated carbocycles. The van der Waals surface area contributed by atoms with Crippen LogP contribution in [0.15, 0.2) is 16.9 Å². The summed E-state index contributed by atoms with van der Waals surface area (Å²) in [7, 11) is 0. The van der Waals surface area contributed by atoms with Gasteiger partial charge in [0.05, 0.1) is 11.4 Å². The summed E-state index contributed by atoms with van der Waals surface area (Å²) in [5, 5.41) is 3.85. The van der Waals surface area contributed by atoms with E-state index in [4.69, 9.17) is 4.52 Å². The molecular formula is C17H23N5O2. The lowest BCUT2D eigenvalue weighted by Crippen LogP contribution is -2.38. The van der Waals surface area contributed by atoms with Gasteiger partial charge in [-0.25, -0.2) is 0 Å². The number of amides is 1. The summed E-state index contributed by atoms with van der Waals surface area (Å²) in [6, 6.07) is 0. The molecule has 2 aromatic rings. The van der Waals surface area contributed by atoms with Crippen molar-refractivity contribution in [2.75, 3.05) is 13.1 Å². The number of piperidine rings is 1. The molecule has 0 aliphatic carbocycles. The third kappa shape index (κ3) is 3.96. The average molecular weight is 329 g/mol. The lowest BCUT2D eigenvalue weighted by molar-refractivity contribution is -0.132. The highest BCUT2D eigenvalue weighted by Gasteiger charge is 2.25. The summed E-state index contributed by atoms with van der Waals surface area (Å²) in [6.45, 7) is 5.46. The van der Waals surface area contributed by atoms with Crippen molar-refractivity contribution in [3.05, 3.63) is 35.5 Å². The summed E-state index contributed by atoms with van der Waals surface area (Å²) in [4.78, 5) is 27.3. The molecule has 3 rings (SSSR count). The predicted octanol–water partition coefficient (Wildman–Crippen LogP) is 2.07. The van der Waals surface area contributed by atoms with Crippen molar-refractivity contribution in [2.45, 2.75) is 51.9 Å². The van der Waals surface area contributed by atoms with Crippen LogP contribution >= 0.6 is 0 Å². The van der Waals surface area contributed by atoms with Crippen molar-refractivity contribution < 1.29 is 9.32 Å². The van der Waals surface area contributed by atoms with E-state index in [-0.39, 0.29) is 5.91 Å². The van der Waals surface area contributed by atoms with Gasteiger partial charge in [-0.2, -0.15) is 4.98 Å². The van der Waals surface area contributed by atoms with E-state index in [2.05, 4.69) is 20.1 Å². The Hall–Kier alpha value is -2.31. The van der Waals surface area contributed by atoms with Crippen LogP contribution in [-0.2, 0) is 17.6 Å². The molecule has 1 aliphatic heterocycles. The van der Waals surface area contributed by atoms with Gasteiger partial charge >= 0.3 is 0 Å². The lowest BCUT2D eigenvalue weighted by atomic mass is 9.93. The van der Waals surface area contributed by atoms with Crippen LogP contribution in [0.25, 0.3) is 0 Å². The monoisotopic (exact) mass is 329 g/mol. The van der Waals surface area contributed by atoms with Gasteiger partial charge in [-0.15, -0.1) is 0 Å². The van der Waals surface area contributed by atoms with Crippen molar-refractivity contribution in [3.63, 3.8) is 0 Å². The Morgan fingerprint density at radius 2 is 2.08 bits per heavy atom. The van der Waals surface area contributed by atoms with Crippen LogP contribution in [-0.4, -0.2) is 44.0 Å². The second kappa shape index (κ2) is 7.51. The third-order valence-electron chi connectivity index (χ3n) is 4.42. The van der Waals surface area contributed by atoms with E-state index >= 15 is 0 Å². The van der Waals surface area contributed by atoms with E-state index in [0.717, 1.165) is 43.7 Å². The first-order chi connectivity index (χ1) is 11.7. The van der Waals surface area contributed by atoms with E-state index in [0.29, 0.717) is 30.5 Å². The zero-order valence-corrected chi connectivity index (χ0v) is 14.2. The van der Waals surface area contributed by atoms with Crippen molar-refractivity contribution in [1.29, 1.82) is 0 Å². The molecule has 0 N–H and O–H groups in total. The highest BCUT2D eigenvalue weighted by atomic mass is 16.5. The number of aryl methyl sites for hydroxylation is 3. The molecule has 7 heteroatoms. The molecule has 1 saturated heterocycles. The number of carbonyl (C=O) groups is 1. The third-order valence-corrected chi connectivity index (χ3v) is 4.42. The Morgan fingerprint density at radius 3 is 2.75 bits per heavy atom. The Kier molecular flexibility index (Phi) is 5.17. The molecule has 24 heavy (non-hydrogen) atoms. The van der Waals surface area contributed by atoms with Gasteiger partial charge in [0, 0.05) is 50.7 Å². The topological polar surface area (TPSA) is 85.0 Å². The molecule has 0 spiro atoms. The zero-order valence-electron chi connectivity index (χ0n) is 14.2. The Bertz CT molecular complexity index is 692. The van der Waals surface area contributed by atoms with Crippen LogP contribution < -0.4 is 0 Å². The molecule has 0 radical (unpaired) electrons. The van der Waals surface area contributed by atoms with Crippen molar-refractivity contribution in [1.82, 2.24) is 25.0 Å². The summed E-state index contributed by atoms with van der Waals surface area (Å²) >= 11 is 0. The molecule has 0 unspecified atom stereocenters. The van der Waals surface area contributed by atoms with Gasteiger partial charge < -0.3 is 9.42 Å². The highest BCUT2D eigenvalue weighted by Crippen LogP contribution is 2.26. The molecule has 0 atom stereocenters. The van der Waals surface area contributed by atoms with Gasteiger partial charge in [-0.3, -0.25) is 14.8 Å². The maximum Gasteiger partial charge on any atom is 0.227 e. The summed E-state index contributed by atoms with van der Waals surface area (Å²) in [5.41, 5.74) is 1.98. The second-order valence-electron chi connectivity index (χ2n) is 6.20.